The normalized spacial score (nSPS) is 11.3. The molecule has 2 aromatic heterocycles. The maximum absolute atomic E-state index is 13.0. The standard InChI is InChI=1S/C25H18N4O/c30-25(29-27-16-18-14-15-26-21-12-6-4-10-19(18)21)24-23(17-8-2-1-3-9-17)20-11-5-7-13-22(20)28-24/h1-16,28H,(H,29,30)/b27-16+. The number of benzene rings is 3. The van der Waals surface area contributed by atoms with E-state index >= 15 is 0 Å². The van der Waals surface area contributed by atoms with E-state index in [4.69, 9.17) is 0 Å². The third-order valence-corrected chi connectivity index (χ3v) is 5.05. The molecule has 0 aliphatic carbocycles. The van der Waals surface area contributed by atoms with Crippen LogP contribution >= 0.6 is 0 Å². The van der Waals surface area contributed by atoms with Crippen LogP contribution in [0.2, 0.25) is 0 Å². The van der Waals surface area contributed by atoms with Gasteiger partial charge in [-0.15, -0.1) is 0 Å². The lowest BCUT2D eigenvalue weighted by Crippen LogP contribution is -2.18. The van der Waals surface area contributed by atoms with Gasteiger partial charge in [0.15, 0.2) is 0 Å². The van der Waals surface area contributed by atoms with E-state index in [0.717, 1.165) is 38.5 Å². The molecule has 1 amide bonds. The fourth-order valence-corrected chi connectivity index (χ4v) is 3.66. The Balaban J connectivity index is 1.49. The monoisotopic (exact) mass is 390 g/mol. The lowest BCUT2D eigenvalue weighted by Gasteiger charge is -2.04. The van der Waals surface area contributed by atoms with Crippen LogP contribution in [0.1, 0.15) is 16.1 Å². The second-order valence-electron chi connectivity index (χ2n) is 6.90. The average molecular weight is 390 g/mol. The van der Waals surface area contributed by atoms with E-state index in [1.807, 2.05) is 84.9 Å². The minimum absolute atomic E-state index is 0.292. The van der Waals surface area contributed by atoms with Gasteiger partial charge < -0.3 is 4.98 Å². The zero-order valence-corrected chi connectivity index (χ0v) is 16.0. The fourth-order valence-electron chi connectivity index (χ4n) is 3.66. The highest BCUT2D eigenvalue weighted by atomic mass is 16.2. The van der Waals surface area contributed by atoms with Crippen LogP contribution in [0.5, 0.6) is 0 Å². The van der Waals surface area contributed by atoms with E-state index < -0.39 is 0 Å². The minimum atomic E-state index is -0.292. The first-order valence-corrected chi connectivity index (χ1v) is 9.64. The first kappa shape index (κ1) is 17.8. The highest BCUT2D eigenvalue weighted by molar-refractivity contribution is 6.10. The zero-order chi connectivity index (χ0) is 20.3. The molecule has 0 atom stereocenters. The van der Waals surface area contributed by atoms with E-state index in [0.29, 0.717) is 5.69 Å². The molecule has 2 N–H and O–H groups in total. The number of hydrogen-bond donors (Lipinski definition) is 2. The van der Waals surface area contributed by atoms with E-state index in [9.17, 15) is 4.79 Å². The van der Waals surface area contributed by atoms with Crippen molar-refractivity contribution in [2.45, 2.75) is 0 Å². The Morgan fingerprint density at radius 1 is 0.867 bits per heavy atom. The number of fused-ring (bicyclic) bond motifs is 2. The lowest BCUT2D eigenvalue weighted by atomic mass is 10.0. The van der Waals surface area contributed by atoms with Crippen LogP contribution in [-0.2, 0) is 0 Å². The van der Waals surface area contributed by atoms with Crippen LogP contribution in [0, 0.1) is 0 Å². The third kappa shape index (κ3) is 3.22. The number of aromatic amines is 1. The maximum Gasteiger partial charge on any atom is 0.288 e. The molecule has 144 valence electrons. The van der Waals surface area contributed by atoms with Gasteiger partial charge >= 0.3 is 0 Å². The van der Waals surface area contributed by atoms with E-state index in [1.165, 1.54) is 0 Å². The van der Waals surface area contributed by atoms with Gasteiger partial charge in [0.05, 0.1) is 11.7 Å². The highest BCUT2D eigenvalue weighted by Crippen LogP contribution is 2.32. The molecule has 2 heterocycles. The molecule has 0 bridgehead atoms. The van der Waals surface area contributed by atoms with Crippen molar-refractivity contribution in [3.05, 3.63) is 102 Å². The first-order chi connectivity index (χ1) is 14.8. The Morgan fingerprint density at radius 3 is 2.47 bits per heavy atom. The van der Waals surface area contributed by atoms with Gasteiger partial charge in [-0.05, 0) is 23.8 Å². The van der Waals surface area contributed by atoms with Crippen molar-refractivity contribution in [3.8, 4) is 11.1 Å². The Morgan fingerprint density at radius 2 is 1.60 bits per heavy atom. The van der Waals surface area contributed by atoms with Crippen LogP contribution < -0.4 is 5.43 Å². The van der Waals surface area contributed by atoms with Crippen LogP contribution in [0.25, 0.3) is 32.9 Å². The Hall–Kier alpha value is -4.25. The Labute approximate surface area is 173 Å². The van der Waals surface area contributed by atoms with E-state index in [-0.39, 0.29) is 5.91 Å². The number of amides is 1. The van der Waals surface area contributed by atoms with Gasteiger partial charge in [-0.25, -0.2) is 5.43 Å². The maximum atomic E-state index is 13.0. The highest BCUT2D eigenvalue weighted by Gasteiger charge is 2.18. The first-order valence-electron chi connectivity index (χ1n) is 9.64. The molecule has 0 aliphatic heterocycles. The molecule has 0 fully saturated rings. The summed E-state index contributed by atoms with van der Waals surface area (Å²) in [7, 11) is 0. The number of nitrogens with zero attached hydrogens (tertiary/aromatic N) is 2. The predicted molar refractivity (Wildman–Crippen MR) is 121 cm³/mol. The van der Waals surface area contributed by atoms with E-state index in [1.54, 1.807) is 12.4 Å². The smallest absolute Gasteiger partial charge is 0.288 e. The van der Waals surface area contributed by atoms with Gasteiger partial charge in [-0.3, -0.25) is 9.78 Å². The molecule has 0 spiro atoms. The molecule has 0 radical (unpaired) electrons. The quantitative estimate of drug-likeness (QED) is 0.329. The number of hydrazone groups is 1. The molecule has 5 aromatic rings. The zero-order valence-electron chi connectivity index (χ0n) is 16.0. The summed E-state index contributed by atoms with van der Waals surface area (Å²) in [6.45, 7) is 0. The molecule has 3 aromatic carbocycles. The number of carbonyl (C=O) groups excluding carboxylic acids is 1. The van der Waals surface area contributed by atoms with Gasteiger partial charge in [-0.1, -0.05) is 66.7 Å². The number of H-pyrrole nitrogens is 1. The molecule has 5 rings (SSSR count). The SMILES string of the molecule is O=C(N/N=C/c1ccnc2ccccc12)c1[nH]c2ccccc2c1-c1ccccc1. The van der Waals surface area contributed by atoms with Crippen LogP contribution in [0.15, 0.2) is 96.2 Å². The van der Waals surface area contributed by atoms with Crippen molar-refractivity contribution in [2.75, 3.05) is 0 Å². The number of pyridine rings is 1. The van der Waals surface area contributed by atoms with Crippen molar-refractivity contribution < 1.29 is 4.79 Å². The van der Waals surface area contributed by atoms with Crippen LogP contribution in [0.4, 0.5) is 0 Å². The largest absolute Gasteiger partial charge is 0.350 e. The number of carbonyl (C=O) groups is 1. The topological polar surface area (TPSA) is 70.1 Å². The van der Waals surface area contributed by atoms with Gasteiger partial charge in [0.25, 0.3) is 5.91 Å². The summed E-state index contributed by atoms with van der Waals surface area (Å²) in [5, 5.41) is 6.18. The average Bonchev–Trinajstić information content (AvgIpc) is 3.19. The molecule has 5 heteroatoms. The molecule has 0 unspecified atom stereocenters. The summed E-state index contributed by atoms with van der Waals surface area (Å²) in [6, 6.07) is 27.5. The van der Waals surface area contributed by atoms with Gasteiger partial charge in [0, 0.05) is 33.6 Å². The van der Waals surface area contributed by atoms with Gasteiger partial charge in [-0.2, -0.15) is 5.10 Å². The van der Waals surface area contributed by atoms with Crippen molar-refractivity contribution in [1.82, 2.24) is 15.4 Å². The second-order valence-corrected chi connectivity index (χ2v) is 6.90. The molecule has 30 heavy (non-hydrogen) atoms. The van der Waals surface area contributed by atoms with Crippen LogP contribution in [0.3, 0.4) is 0 Å². The van der Waals surface area contributed by atoms with Crippen molar-refractivity contribution in [2.24, 2.45) is 5.10 Å². The Bertz CT molecular complexity index is 1380. The summed E-state index contributed by atoms with van der Waals surface area (Å²) in [4.78, 5) is 20.6. The molecule has 5 nitrogen and oxygen atoms in total. The second kappa shape index (κ2) is 7.64. The Kier molecular flexibility index (Phi) is 4.54. The number of rotatable bonds is 4. The molecule has 0 aliphatic rings. The number of hydrogen-bond acceptors (Lipinski definition) is 3. The van der Waals surface area contributed by atoms with Crippen molar-refractivity contribution in [1.29, 1.82) is 0 Å². The van der Waals surface area contributed by atoms with Crippen molar-refractivity contribution in [3.63, 3.8) is 0 Å². The summed E-state index contributed by atoms with van der Waals surface area (Å²) < 4.78 is 0. The third-order valence-electron chi connectivity index (χ3n) is 5.05. The molecule has 0 saturated heterocycles. The number of nitrogens with one attached hydrogen (secondary N) is 2. The van der Waals surface area contributed by atoms with Gasteiger partial charge in [0.2, 0.25) is 0 Å². The summed E-state index contributed by atoms with van der Waals surface area (Å²) in [5.41, 5.74) is 7.67. The van der Waals surface area contributed by atoms with Crippen molar-refractivity contribution >= 4 is 33.9 Å². The summed E-state index contributed by atoms with van der Waals surface area (Å²) in [6.07, 6.45) is 3.38. The van der Waals surface area contributed by atoms with Crippen LogP contribution in [-0.4, -0.2) is 22.1 Å². The molecule has 0 saturated carbocycles. The summed E-state index contributed by atoms with van der Waals surface area (Å²) in [5.74, 6) is -0.292. The molecular formula is C25H18N4O. The fraction of sp³-hybridized carbons (Fsp3) is 0. The minimum Gasteiger partial charge on any atom is -0.350 e. The number of aromatic nitrogens is 2. The lowest BCUT2D eigenvalue weighted by molar-refractivity contribution is 0.0951. The van der Waals surface area contributed by atoms with E-state index in [2.05, 4.69) is 20.5 Å². The van der Waals surface area contributed by atoms with Gasteiger partial charge in [0.1, 0.15) is 5.69 Å². The molecular weight excluding hydrogens is 372 g/mol. The summed E-state index contributed by atoms with van der Waals surface area (Å²) >= 11 is 0. The predicted octanol–water partition coefficient (Wildman–Crippen LogP) is 5.15. The number of para-hydroxylation sites is 2.